The van der Waals surface area contributed by atoms with Crippen LogP contribution < -0.4 is 5.32 Å². The Morgan fingerprint density at radius 1 is 1.32 bits per heavy atom. The molecule has 3 nitrogen and oxygen atoms in total. The van der Waals surface area contributed by atoms with E-state index < -0.39 is 5.67 Å². The van der Waals surface area contributed by atoms with E-state index in [0.717, 1.165) is 24.3 Å². The van der Waals surface area contributed by atoms with Gasteiger partial charge in [-0.05, 0) is 44.8 Å². The number of imidazole rings is 1. The molecule has 1 atom stereocenters. The Bertz CT molecular complexity index is 689. The summed E-state index contributed by atoms with van der Waals surface area (Å²) in [6.45, 7) is 1.45. The van der Waals surface area contributed by atoms with Crippen molar-refractivity contribution in [1.82, 2.24) is 14.9 Å². The molecule has 22 heavy (non-hydrogen) atoms. The molecule has 1 unspecified atom stereocenters. The number of nitrogens with one attached hydrogen (secondary N) is 1. The van der Waals surface area contributed by atoms with Crippen LogP contribution in [0.1, 0.15) is 37.3 Å². The van der Waals surface area contributed by atoms with Crippen molar-refractivity contribution >= 4 is 0 Å². The topological polar surface area (TPSA) is 29.9 Å². The third-order valence-electron chi connectivity index (χ3n) is 5.03. The van der Waals surface area contributed by atoms with E-state index in [1.165, 1.54) is 6.07 Å². The van der Waals surface area contributed by atoms with E-state index in [1.807, 2.05) is 10.6 Å². The third-order valence-corrected chi connectivity index (χ3v) is 5.03. The number of aromatic nitrogens is 2. The van der Waals surface area contributed by atoms with E-state index in [9.17, 15) is 8.78 Å². The molecule has 0 bridgehead atoms. The molecule has 0 amide bonds. The van der Waals surface area contributed by atoms with Crippen LogP contribution >= 0.6 is 0 Å². The summed E-state index contributed by atoms with van der Waals surface area (Å²) in [7, 11) is 0. The van der Waals surface area contributed by atoms with E-state index in [1.54, 1.807) is 18.6 Å². The van der Waals surface area contributed by atoms with Crippen LogP contribution in [-0.4, -0.2) is 28.3 Å². The maximum Gasteiger partial charge on any atom is 0.129 e. The molecule has 1 aromatic carbocycles. The highest BCUT2D eigenvalue weighted by Gasteiger charge is 2.36. The number of alkyl halides is 1. The fourth-order valence-electron chi connectivity index (χ4n) is 3.80. The average molecular weight is 303 g/mol. The molecule has 0 aliphatic carbocycles. The summed E-state index contributed by atoms with van der Waals surface area (Å²) in [5, 5.41) is 3.19. The predicted molar refractivity (Wildman–Crippen MR) is 80.9 cm³/mol. The zero-order valence-electron chi connectivity index (χ0n) is 12.4. The third kappa shape index (κ3) is 2.15. The van der Waals surface area contributed by atoms with E-state index in [2.05, 4.69) is 10.3 Å². The minimum atomic E-state index is -1.12. The zero-order chi connectivity index (χ0) is 15.2. The number of piperidine rings is 1. The van der Waals surface area contributed by atoms with Gasteiger partial charge in [-0.3, -0.25) is 0 Å². The summed E-state index contributed by atoms with van der Waals surface area (Å²) in [6.07, 6.45) is 5.64. The number of benzene rings is 1. The van der Waals surface area contributed by atoms with Crippen LogP contribution in [0.2, 0.25) is 0 Å². The van der Waals surface area contributed by atoms with Gasteiger partial charge in [0.2, 0.25) is 0 Å². The standard InChI is InChI=1S/C17H19F2N3/c18-13-3-1-2-12-15-10-21-11-22(15)14(16(12)13)4-5-17(19)6-8-20-9-7-17/h1-3,10-11,14,20H,4-9H2. The first-order chi connectivity index (χ1) is 10.7. The normalized spacial score (nSPS) is 22.4. The summed E-state index contributed by atoms with van der Waals surface area (Å²) >= 11 is 0. The van der Waals surface area contributed by atoms with Gasteiger partial charge in [-0.1, -0.05) is 12.1 Å². The van der Waals surface area contributed by atoms with Crippen molar-refractivity contribution in [3.05, 3.63) is 42.1 Å². The number of nitrogens with zero attached hydrogens (tertiary/aromatic N) is 2. The lowest BCUT2D eigenvalue weighted by Gasteiger charge is -2.31. The Morgan fingerprint density at radius 3 is 2.95 bits per heavy atom. The van der Waals surface area contributed by atoms with E-state index in [0.29, 0.717) is 31.2 Å². The molecule has 1 N–H and O–H groups in total. The first-order valence-electron chi connectivity index (χ1n) is 7.88. The van der Waals surface area contributed by atoms with Gasteiger partial charge in [-0.25, -0.2) is 13.8 Å². The molecule has 0 saturated carbocycles. The molecule has 116 valence electrons. The SMILES string of the molecule is Fc1cccc2c1C(CCC1(F)CCNCC1)n1cncc1-2. The summed E-state index contributed by atoms with van der Waals surface area (Å²) in [5.74, 6) is -0.204. The molecule has 4 rings (SSSR count). The first kappa shape index (κ1) is 13.9. The lowest BCUT2D eigenvalue weighted by atomic mass is 9.87. The van der Waals surface area contributed by atoms with E-state index in [-0.39, 0.29) is 11.9 Å². The van der Waals surface area contributed by atoms with Crippen LogP contribution in [0.5, 0.6) is 0 Å². The summed E-state index contributed by atoms with van der Waals surface area (Å²) in [5.41, 5.74) is 1.39. The Labute approximate surface area is 128 Å². The van der Waals surface area contributed by atoms with Gasteiger partial charge in [-0.2, -0.15) is 0 Å². The summed E-state index contributed by atoms with van der Waals surface area (Å²) in [4.78, 5) is 4.17. The van der Waals surface area contributed by atoms with Crippen molar-refractivity contribution in [2.24, 2.45) is 0 Å². The molecule has 2 aromatic rings. The lowest BCUT2D eigenvalue weighted by Crippen LogP contribution is -2.38. The second-order valence-corrected chi connectivity index (χ2v) is 6.34. The molecular weight excluding hydrogens is 284 g/mol. The highest BCUT2D eigenvalue weighted by molar-refractivity contribution is 5.69. The van der Waals surface area contributed by atoms with Crippen molar-refractivity contribution in [1.29, 1.82) is 0 Å². The number of hydrogen-bond donors (Lipinski definition) is 1. The monoisotopic (exact) mass is 303 g/mol. The Hall–Kier alpha value is -1.75. The molecule has 1 saturated heterocycles. The smallest absolute Gasteiger partial charge is 0.129 e. The number of hydrogen-bond acceptors (Lipinski definition) is 2. The minimum Gasteiger partial charge on any atom is -0.323 e. The van der Waals surface area contributed by atoms with Gasteiger partial charge in [0.25, 0.3) is 0 Å². The first-order valence-corrected chi connectivity index (χ1v) is 7.88. The quantitative estimate of drug-likeness (QED) is 0.941. The highest BCUT2D eigenvalue weighted by Crippen LogP contribution is 2.44. The van der Waals surface area contributed by atoms with Crippen molar-refractivity contribution in [2.45, 2.75) is 37.4 Å². The molecule has 2 aliphatic heterocycles. The molecule has 1 fully saturated rings. The van der Waals surface area contributed by atoms with Crippen LogP contribution in [0.15, 0.2) is 30.7 Å². The van der Waals surface area contributed by atoms with Crippen LogP contribution in [0.25, 0.3) is 11.3 Å². The van der Waals surface area contributed by atoms with E-state index >= 15 is 0 Å². The van der Waals surface area contributed by atoms with Gasteiger partial charge < -0.3 is 9.88 Å². The van der Waals surface area contributed by atoms with Gasteiger partial charge in [0, 0.05) is 11.1 Å². The van der Waals surface area contributed by atoms with Gasteiger partial charge in [0.15, 0.2) is 0 Å². The predicted octanol–water partition coefficient (Wildman–Crippen LogP) is 3.46. The van der Waals surface area contributed by atoms with Crippen LogP contribution in [0, 0.1) is 5.82 Å². The summed E-state index contributed by atoms with van der Waals surface area (Å²) in [6, 6.07) is 4.98. The summed E-state index contributed by atoms with van der Waals surface area (Å²) < 4.78 is 31.1. The second kappa shape index (κ2) is 5.16. The largest absolute Gasteiger partial charge is 0.323 e. The fourth-order valence-corrected chi connectivity index (χ4v) is 3.80. The van der Waals surface area contributed by atoms with Crippen LogP contribution in [0.3, 0.4) is 0 Å². The number of halogens is 2. The van der Waals surface area contributed by atoms with Crippen molar-refractivity contribution < 1.29 is 8.78 Å². The van der Waals surface area contributed by atoms with Crippen molar-refractivity contribution in [2.75, 3.05) is 13.1 Å². The minimum absolute atomic E-state index is 0.142. The van der Waals surface area contributed by atoms with Gasteiger partial charge in [0.05, 0.1) is 24.3 Å². The van der Waals surface area contributed by atoms with Crippen LogP contribution in [-0.2, 0) is 0 Å². The molecule has 0 spiro atoms. The molecule has 5 heteroatoms. The Balaban J connectivity index is 1.62. The maximum absolute atomic E-state index is 14.8. The Morgan fingerprint density at radius 2 is 2.14 bits per heavy atom. The molecule has 0 radical (unpaired) electrons. The Kier molecular flexibility index (Phi) is 3.26. The molecule has 3 heterocycles. The van der Waals surface area contributed by atoms with Crippen molar-refractivity contribution in [3.8, 4) is 11.3 Å². The van der Waals surface area contributed by atoms with Crippen LogP contribution in [0.4, 0.5) is 8.78 Å². The maximum atomic E-state index is 14.8. The molecule has 2 aliphatic rings. The highest BCUT2D eigenvalue weighted by atomic mass is 19.1. The lowest BCUT2D eigenvalue weighted by molar-refractivity contribution is 0.0983. The second-order valence-electron chi connectivity index (χ2n) is 6.34. The van der Waals surface area contributed by atoms with E-state index in [4.69, 9.17) is 0 Å². The van der Waals surface area contributed by atoms with Gasteiger partial charge in [-0.15, -0.1) is 0 Å². The molecular formula is C17H19F2N3. The van der Waals surface area contributed by atoms with Gasteiger partial charge >= 0.3 is 0 Å². The zero-order valence-corrected chi connectivity index (χ0v) is 12.4. The molecule has 1 aromatic heterocycles. The van der Waals surface area contributed by atoms with Crippen molar-refractivity contribution in [3.63, 3.8) is 0 Å². The average Bonchev–Trinajstić information content (AvgIpc) is 3.08. The van der Waals surface area contributed by atoms with Gasteiger partial charge in [0.1, 0.15) is 11.5 Å². The number of rotatable bonds is 3. The fraction of sp³-hybridized carbons (Fsp3) is 0.471. The number of fused-ring (bicyclic) bond motifs is 3.